The van der Waals surface area contributed by atoms with Crippen molar-refractivity contribution in [3.63, 3.8) is 0 Å². The summed E-state index contributed by atoms with van der Waals surface area (Å²) in [6.45, 7) is 13.0. The van der Waals surface area contributed by atoms with Crippen LogP contribution in [0.15, 0.2) is 30.3 Å². The maximum atomic E-state index is 6.66. The molecule has 0 aliphatic carbocycles. The molecule has 2 aromatic heterocycles. The predicted molar refractivity (Wildman–Crippen MR) is 120 cm³/mol. The smallest absolute Gasteiger partial charge is 0.133 e. The molecule has 0 saturated carbocycles. The molecule has 1 saturated heterocycles. The average Bonchev–Trinajstić information content (AvgIpc) is 2.72. The summed E-state index contributed by atoms with van der Waals surface area (Å²) < 4.78 is 0. The largest absolute Gasteiger partial charge is 0.354 e. The van der Waals surface area contributed by atoms with Gasteiger partial charge in [-0.05, 0) is 25.5 Å². The number of nitrogens with zero attached hydrogens (tertiary/aromatic N) is 5. The van der Waals surface area contributed by atoms with Crippen molar-refractivity contribution in [2.24, 2.45) is 0 Å². The highest BCUT2D eigenvalue weighted by Gasteiger charge is 2.21. The number of hydrogen-bond acceptors (Lipinski definition) is 5. The Morgan fingerprint density at radius 2 is 1.72 bits per heavy atom. The van der Waals surface area contributed by atoms with Crippen LogP contribution in [-0.4, -0.2) is 46.0 Å². The number of aryl methyl sites for hydroxylation is 2. The molecule has 1 fully saturated rings. The molecule has 3 heterocycles. The van der Waals surface area contributed by atoms with Gasteiger partial charge in [-0.1, -0.05) is 43.6 Å². The zero-order valence-electron chi connectivity index (χ0n) is 17.6. The summed E-state index contributed by atoms with van der Waals surface area (Å²) in [7, 11) is 0. The number of benzene rings is 1. The molecule has 1 aromatic carbocycles. The number of fused-ring (bicyclic) bond motifs is 1. The van der Waals surface area contributed by atoms with E-state index in [1.807, 2.05) is 19.1 Å². The van der Waals surface area contributed by atoms with Crippen molar-refractivity contribution in [3.05, 3.63) is 58.1 Å². The minimum atomic E-state index is 0.333. The third-order valence-electron chi connectivity index (χ3n) is 5.59. The standard InChI is InChI=1S/C23H28ClN5/c1-15(2)23-25-16(3)13-21(27-23)29-11-9-28(10-12-29)14-20-22(24)17(4)18-7-5-6-8-19(18)26-20/h5-8,13,15H,9-12,14H2,1-4H3. The molecule has 1 aliphatic heterocycles. The quantitative estimate of drug-likeness (QED) is 0.622. The lowest BCUT2D eigenvalue weighted by Gasteiger charge is -2.35. The van der Waals surface area contributed by atoms with Gasteiger partial charge in [0.15, 0.2) is 0 Å². The summed E-state index contributed by atoms with van der Waals surface area (Å²) in [5.41, 5.74) is 4.13. The molecule has 0 N–H and O–H groups in total. The van der Waals surface area contributed by atoms with Gasteiger partial charge in [-0.15, -0.1) is 0 Å². The van der Waals surface area contributed by atoms with Crippen molar-refractivity contribution in [2.75, 3.05) is 31.1 Å². The second-order valence-corrected chi connectivity index (χ2v) is 8.54. The summed E-state index contributed by atoms with van der Waals surface area (Å²) in [5.74, 6) is 2.29. The van der Waals surface area contributed by atoms with Crippen molar-refractivity contribution in [1.29, 1.82) is 0 Å². The molecule has 5 nitrogen and oxygen atoms in total. The Morgan fingerprint density at radius 1 is 1.00 bits per heavy atom. The topological polar surface area (TPSA) is 45.2 Å². The van der Waals surface area contributed by atoms with Gasteiger partial charge in [0.05, 0.1) is 16.2 Å². The minimum Gasteiger partial charge on any atom is -0.354 e. The van der Waals surface area contributed by atoms with E-state index in [2.05, 4.69) is 53.8 Å². The van der Waals surface area contributed by atoms with Crippen molar-refractivity contribution >= 4 is 28.3 Å². The van der Waals surface area contributed by atoms with E-state index in [4.69, 9.17) is 21.6 Å². The second-order valence-electron chi connectivity index (χ2n) is 8.16. The van der Waals surface area contributed by atoms with E-state index in [9.17, 15) is 0 Å². The van der Waals surface area contributed by atoms with E-state index >= 15 is 0 Å². The highest BCUT2D eigenvalue weighted by Crippen LogP contribution is 2.28. The minimum absolute atomic E-state index is 0.333. The fraction of sp³-hybridized carbons (Fsp3) is 0.435. The van der Waals surface area contributed by atoms with Crippen LogP contribution < -0.4 is 4.90 Å². The summed E-state index contributed by atoms with van der Waals surface area (Å²) in [6.07, 6.45) is 0. The van der Waals surface area contributed by atoms with Crippen molar-refractivity contribution < 1.29 is 0 Å². The van der Waals surface area contributed by atoms with Gasteiger partial charge in [-0.25, -0.2) is 15.0 Å². The van der Waals surface area contributed by atoms with Crippen LogP contribution in [0.1, 0.15) is 42.5 Å². The SMILES string of the molecule is Cc1cc(N2CCN(Cc3nc4ccccc4c(C)c3Cl)CC2)nc(C(C)C)n1. The monoisotopic (exact) mass is 409 g/mol. The van der Waals surface area contributed by atoms with Gasteiger partial charge in [0.25, 0.3) is 0 Å². The molecule has 0 unspecified atom stereocenters. The van der Waals surface area contributed by atoms with Gasteiger partial charge in [-0.3, -0.25) is 4.90 Å². The first-order valence-electron chi connectivity index (χ1n) is 10.3. The molecule has 1 aliphatic rings. The second kappa shape index (κ2) is 8.25. The molecule has 0 bridgehead atoms. The zero-order valence-corrected chi connectivity index (χ0v) is 18.4. The van der Waals surface area contributed by atoms with Crippen LogP contribution in [0.2, 0.25) is 5.02 Å². The Labute approximate surface area is 177 Å². The Balaban J connectivity index is 1.47. The first kappa shape index (κ1) is 20.0. The van der Waals surface area contributed by atoms with Crippen LogP contribution in [-0.2, 0) is 6.54 Å². The van der Waals surface area contributed by atoms with Gasteiger partial charge < -0.3 is 4.90 Å². The lowest BCUT2D eigenvalue weighted by atomic mass is 10.1. The Morgan fingerprint density at radius 3 is 2.45 bits per heavy atom. The van der Waals surface area contributed by atoms with E-state index in [1.54, 1.807) is 0 Å². The summed E-state index contributed by atoms with van der Waals surface area (Å²) >= 11 is 6.66. The number of rotatable bonds is 4. The first-order valence-corrected chi connectivity index (χ1v) is 10.7. The van der Waals surface area contributed by atoms with Gasteiger partial charge in [0.1, 0.15) is 11.6 Å². The maximum Gasteiger partial charge on any atom is 0.133 e. The van der Waals surface area contributed by atoms with E-state index in [1.165, 1.54) is 0 Å². The molecule has 0 atom stereocenters. The van der Waals surface area contributed by atoms with Crippen LogP contribution in [0.25, 0.3) is 10.9 Å². The lowest BCUT2D eigenvalue weighted by Crippen LogP contribution is -2.46. The van der Waals surface area contributed by atoms with E-state index in [-0.39, 0.29) is 0 Å². The first-order chi connectivity index (χ1) is 13.9. The molecular weight excluding hydrogens is 382 g/mol. The Hall–Kier alpha value is -2.24. The van der Waals surface area contributed by atoms with E-state index < -0.39 is 0 Å². The van der Waals surface area contributed by atoms with Gasteiger partial charge in [0, 0.05) is 55.8 Å². The number of piperazine rings is 1. The van der Waals surface area contributed by atoms with Crippen LogP contribution in [0.4, 0.5) is 5.82 Å². The number of anilines is 1. The fourth-order valence-electron chi connectivity index (χ4n) is 3.86. The van der Waals surface area contributed by atoms with Crippen molar-refractivity contribution in [1.82, 2.24) is 19.9 Å². The highest BCUT2D eigenvalue weighted by molar-refractivity contribution is 6.32. The summed E-state index contributed by atoms with van der Waals surface area (Å²) in [5, 5.41) is 1.92. The van der Waals surface area contributed by atoms with Crippen LogP contribution in [0.5, 0.6) is 0 Å². The molecular formula is C23H28ClN5. The molecule has 0 spiro atoms. The number of para-hydroxylation sites is 1. The maximum absolute atomic E-state index is 6.66. The van der Waals surface area contributed by atoms with E-state index in [0.29, 0.717) is 5.92 Å². The van der Waals surface area contributed by atoms with Crippen LogP contribution in [0, 0.1) is 13.8 Å². The number of aromatic nitrogens is 3. The van der Waals surface area contributed by atoms with Crippen LogP contribution >= 0.6 is 11.6 Å². The molecule has 29 heavy (non-hydrogen) atoms. The van der Waals surface area contributed by atoms with Gasteiger partial charge in [-0.2, -0.15) is 0 Å². The molecule has 0 radical (unpaired) electrons. The Kier molecular flexibility index (Phi) is 5.70. The molecule has 152 valence electrons. The van der Waals surface area contributed by atoms with Crippen molar-refractivity contribution in [2.45, 2.75) is 40.2 Å². The molecule has 4 rings (SSSR count). The summed E-state index contributed by atoms with van der Waals surface area (Å²) in [4.78, 5) is 19.0. The third kappa shape index (κ3) is 4.21. The highest BCUT2D eigenvalue weighted by atomic mass is 35.5. The van der Waals surface area contributed by atoms with E-state index in [0.717, 1.165) is 77.2 Å². The molecule has 3 aromatic rings. The number of hydrogen-bond donors (Lipinski definition) is 0. The fourth-order valence-corrected chi connectivity index (χ4v) is 4.07. The average molecular weight is 410 g/mol. The number of halogens is 1. The third-order valence-corrected chi connectivity index (χ3v) is 6.09. The van der Waals surface area contributed by atoms with Crippen molar-refractivity contribution in [3.8, 4) is 0 Å². The molecule has 0 amide bonds. The van der Waals surface area contributed by atoms with Crippen LogP contribution in [0.3, 0.4) is 0 Å². The Bertz CT molecular complexity index is 1030. The lowest BCUT2D eigenvalue weighted by molar-refractivity contribution is 0.247. The number of pyridine rings is 1. The van der Waals surface area contributed by atoms with Gasteiger partial charge in [0.2, 0.25) is 0 Å². The normalized spacial score (nSPS) is 15.4. The predicted octanol–water partition coefficient (Wildman–Crippen LogP) is 4.74. The van der Waals surface area contributed by atoms with Gasteiger partial charge >= 0.3 is 0 Å². The molecule has 6 heteroatoms. The zero-order chi connectivity index (χ0) is 20.5. The summed E-state index contributed by atoms with van der Waals surface area (Å²) in [6, 6.07) is 10.3.